The van der Waals surface area contributed by atoms with E-state index in [0.29, 0.717) is 17.1 Å². The van der Waals surface area contributed by atoms with Crippen molar-refractivity contribution in [1.29, 1.82) is 0 Å². The summed E-state index contributed by atoms with van der Waals surface area (Å²) in [6, 6.07) is 25.3. The second-order valence-electron chi connectivity index (χ2n) is 7.68. The number of aromatic nitrogens is 3. The van der Waals surface area contributed by atoms with Gasteiger partial charge < -0.3 is 10.1 Å². The van der Waals surface area contributed by atoms with Crippen molar-refractivity contribution in [2.45, 2.75) is 30.8 Å². The average molecular weight is 459 g/mol. The van der Waals surface area contributed by atoms with Crippen LogP contribution in [0.25, 0.3) is 5.69 Å². The molecule has 0 aliphatic heterocycles. The SMILES string of the molecule is COc1ccccc1C(=O)NC(C)c1nnc(SCc2ccccc2)n1-c1ccc(C)cc1. The maximum atomic E-state index is 13.0. The third kappa shape index (κ3) is 5.26. The van der Waals surface area contributed by atoms with Crippen molar-refractivity contribution in [3.05, 3.63) is 101 Å². The molecule has 1 heterocycles. The second-order valence-corrected chi connectivity index (χ2v) is 8.62. The van der Waals surface area contributed by atoms with Crippen LogP contribution in [0.3, 0.4) is 0 Å². The molecule has 0 bridgehead atoms. The van der Waals surface area contributed by atoms with Gasteiger partial charge in [-0.1, -0.05) is 71.9 Å². The Morgan fingerprint density at radius 2 is 1.70 bits per heavy atom. The molecule has 0 fully saturated rings. The molecule has 6 nitrogen and oxygen atoms in total. The summed E-state index contributed by atoms with van der Waals surface area (Å²) < 4.78 is 7.35. The molecule has 0 aliphatic rings. The summed E-state index contributed by atoms with van der Waals surface area (Å²) >= 11 is 1.62. The monoisotopic (exact) mass is 458 g/mol. The molecule has 1 unspecified atom stereocenters. The van der Waals surface area contributed by atoms with Gasteiger partial charge in [0.1, 0.15) is 5.75 Å². The summed E-state index contributed by atoms with van der Waals surface area (Å²) in [6.45, 7) is 3.96. The van der Waals surface area contributed by atoms with Crippen LogP contribution in [-0.4, -0.2) is 27.8 Å². The third-order valence-corrected chi connectivity index (χ3v) is 6.25. The number of ether oxygens (including phenoxy) is 1. The van der Waals surface area contributed by atoms with Crippen molar-refractivity contribution < 1.29 is 9.53 Å². The number of carbonyl (C=O) groups is 1. The van der Waals surface area contributed by atoms with Gasteiger partial charge in [-0.3, -0.25) is 9.36 Å². The maximum Gasteiger partial charge on any atom is 0.255 e. The lowest BCUT2D eigenvalue weighted by Gasteiger charge is -2.17. The first-order chi connectivity index (χ1) is 16.1. The quantitative estimate of drug-likeness (QED) is 0.360. The van der Waals surface area contributed by atoms with Crippen molar-refractivity contribution in [2.75, 3.05) is 7.11 Å². The number of rotatable bonds is 8. The zero-order chi connectivity index (χ0) is 23.2. The molecule has 1 aromatic heterocycles. The molecule has 7 heteroatoms. The van der Waals surface area contributed by atoms with Crippen LogP contribution in [-0.2, 0) is 5.75 Å². The molecule has 3 aromatic carbocycles. The summed E-state index contributed by atoms with van der Waals surface area (Å²) in [4.78, 5) is 13.0. The first-order valence-electron chi connectivity index (χ1n) is 10.7. The fourth-order valence-corrected chi connectivity index (χ4v) is 4.40. The molecule has 0 saturated carbocycles. The number of methoxy groups -OCH3 is 1. The predicted molar refractivity (Wildman–Crippen MR) is 131 cm³/mol. The smallest absolute Gasteiger partial charge is 0.255 e. The van der Waals surface area contributed by atoms with Gasteiger partial charge in [0.15, 0.2) is 11.0 Å². The number of amides is 1. The highest BCUT2D eigenvalue weighted by atomic mass is 32.2. The van der Waals surface area contributed by atoms with Gasteiger partial charge in [-0.15, -0.1) is 10.2 Å². The molecule has 1 N–H and O–H groups in total. The van der Waals surface area contributed by atoms with Gasteiger partial charge in [-0.2, -0.15) is 0 Å². The number of nitrogens with zero attached hydrogens (tertiary/aromatic N) is 3. The Morgan fingerprint density at radius 1 is 1.00 bits per heavy atom. The maximum absolute atomic E-state index is 13.0. The Bertz CT molecular complexity index is 1220. The third-order valence-electron chi connectivity index (χ3n) is 5.25. The molecule has 0 radical (unpaired) electrons. The van der Waals surface area contributed by atoms with Crippen molar-refractivity contribution >= 4 is 17.7 Å². The highest BCUT2D eigenvalue weighted by molar-refractivity contribution is 7.98. The second kappa shape index (κ2) is 10.4. The van der Waals surface area contributed by atoms with Crippen LogP contribution in [0.5, 0.6) is 5.75 Å². The van der Waals surface area contributed by atoms with Crippen molar-refractivity contribution in [3.63, 3.8) is 0 Å². The summed E-state index contributed by atoms with van der Waals surface area (Å²) in [5.41, 5.74) is 3.81. The van der Waals surface area contributed by atoms with Gasteiger partial charge >= 0.3 is 0 Å². The number of benzene rings is 3. The van der Waals surface area contributed by atoms with Gasteiger partial charge in [-0.25, -0.2) is 0 Å². The zero-order valence-corrected chi connectivity index (χ0v) is 19.7. The number of thioether (sulfide) groups is 1. The Labute approximate surface area is 198 Å². The molecule has 1 amide bonds. The van der Waals surface area contributed by atoms with E-state index in [2.05, 4.69) is 46.7 Å². The lowest BCUT2D eigenvalue weighted by Crippen LogP contribution is -2.29. The Kier molecular flexibility index (Phi) is 7.10. The van der Waals surface area contributed by atoms with E-state index in [1.54, 1.807) is 31.0 Å². The standard InChI is InChI=1S/C26H26N4O2S/c1-18-13-15-21(16-14-18)30-24(28-29-26(30)33-17-20-9-5-4-6-10-20)19(2)27-25(31)22-11-7-8-12-23(22)32-3/h4-16,19H,17H2,1-3H3,(H,27,31). The van der Waals surface area contributed by atoms with E-state index in [1.165, 1.54) is 11.1 Å². The van der Waals surface area contributed by atoms with Crippen LogP contribution in [0.4, 0.5) is 0 Å². The van der Waals surface area contributed by atoms with Crippen LogP contribution in [0.1, 0.15) is 40.3 Å². The van der Waals surface area contributed by atoms with E-state index in [4.69, 9.17) is 4.74 Å². The lowest BCUT2D eigenvalue weighted by atomic mass is 10.1. The molecular formula is C26H26N4O2S. The van der Waals surface area contributed by atoms with E-state index in [0.717, 1.165) is 16.6 Å². The van der Waals surface area contributed by atoms with Crippen molar-refractivity contribution in [3.8, 4) is 11.4 Å². The highest BCUT2D eigenvalue weighted by Crippen LogP contribution is 2.28. The minimum Gasteiger partial charge on any atom is -0.496 e. The number of nitrogens with one attached hydrogen (secondary N) is 1. The lowest BCUT2D eigenvalue weighted by molar-refractivity contribution is 0.0935. The Balaban J connectivity index is 1.63. The molecule has 0 saturated heterocycles. The normalized spacial score (nSPS) is 11.7. The number of carbonyl (C=O) groups excluding carboxylic acids is 1. The number of aryl methyl sites for hydroxylation is 1. The summed E-state index contributed by atoms with van der Waals surface area (Å²) in [5.74, 6) is 1.74. The topological polar surface area (TPSA) is 69.0 Å². The van der Waals surface area contributed by atoms with E-state index >= 15 is 0 Å². The Morgan fingerprint density at radius 3 is 2.42 bits per heavy atom. The van der Waals surface area contributed by atoms with E-state index in [9.17, 15) is 4.79 Å². The number of hydrogen-bond donors (Lipinski definition) is 1. The van der Waals surface area contributed by atoms with Crippen LogP contribution in [0.2, 0.25) is 0 Å². The van der Waals surface area contributed by atoms with Gasteiger partial charge in [0.05, 0.1) is 18.7 Å². The van der Waals surface area contributed by atoms with Crippen LogP contribution in [0.15, 0.2) is 84.0 Å². The fourth-order valence-electron chi connectivity index (χ4n) is 3.48. The minimum atomic E-state index is -0.373. The average Bonchev–Trinajstić information content (AvgIpc) is 3.28. The zero-order valence-electron chi connectivity index (χ0n) is 18.9. The van der Waals surface area contributed by atoms with Gasteiger partial charge in [0.2, 0.25) is 0 Å². The number of para-hydroxylation sites is 1. The van der Waals surface area contributed by atoms with Crippen LogP contribution >= 0.6 is 11.8 Å². The van der Waals surface area contributed by atoms with Gasteiger partial charge in [-0.05, 0) is 43.7 Å². The molecule has 1 atom stereocenters. The molecule has 33 heavy (non-hydrogen) atoms. The van der Waals surface area contributed by atoms with Crippen LogP contribution in [0, 0.1) is 6.92 Å². The first-order valence-corrected chi connectivity index (χ1v) is 11.7. The fraction of sp³-hybridized carbons (Fsp3) is 0.192. The molecule has 4 rings (SSSR count). The van der Waals surface area contributed by atoms with Crippen molar-refractivity contribution in [1.82, 2.24) is 20.1 Å². The molecule has 0 aliphatic carbocycles. The number of hydrogen-bond acceptors (Lipinski definition) is 5. The van der Waals surface area contributed by atoms with E-state index in [-0.39, 0.29) is 11.9 Å². The Hall–Kier alpha value is -3.58. The molecule has 0 spiro atoms. The predicted octanol–water partition coefficient (Wildman–Crippen LogP) is 5.37. The van der Waals surface area contributed by atoms with Crippen LogP contribution < -0.4 is 10.1 Å². The molecule has 4 aromatic rings. The summed E-state index contributed by atoms with van der Waals surface area (Å²) in [7, 11) is 1.56. The van der Waals surface area contributed by atoms with Crippen molar-refractivity contribution in [2.24, 2.45) is 0 Å². The largest absolute Gasteiger partial charge is 0.496 e. The minimum absolute atomic E-state index is 0.225. The summed E-state index contributed by atoms with van der Waals surface area (Å²) in [5, 5.41) is 12.7. The molecular weight excluding hydrogens is 432 g/mol. The van der Waals surface area contributed by atoms with Gasteiger partial charge in [0.25, 0.3) is 5.91 Å². The van der Waals surface area contributed by atoms with Gasteiger partial charge in [0, 0.05) is 11.4 Å². The first kappa shape index (κ1) is 22.6. The summed E-state index contributed by atoms with van der Waals surface area (Å²) in [6.07, 6.45) is 0. The highest BCUT2D eigenvalue weighted by Gasteiger charge is 2.22. The van der Waals surface area contributed by atoms with E-state index < -0.39 is 0 Å². The van der Waals surface area contributed by atoms with E-state index in [1.807, 2.05) is 54.0 Å². The molecule has 168 valence electrons.